The first-order valence-electron chi connectivity index (χ1n) is 5.96. The number of anilines is 1. The molecule has 1 aliphatic heterocycles. The highest BCUT2D eigenvalue weighted by Crippen LogP contribution is 2.39. The highest BCUT2D eigenvalue weighted by Gasteiger charge is 2.27. The van der Waals surface area contributed by atoms with Gasteiger partial charge in [0.1, 0.15) is 5.82 Å². The lowest BCUT2D eigenvalue weighted by Gasteiger charge is -2.17. The van der Waals surface area contributed by atoms with Crippen LogP contribution in [0.2, 0.25) is 0 Å². The van der Waals surface area contributed by atoms with E-state index in [9.17, 15) is 4.79 Å². The Balaban J connectivity index is 1.95. The zero-order chi connectivity index (χ0) is 11.0. The lowest BCUT2D eigenvalue weighted by molar-refractivity contribution is 0.111. The van der Waals surface area contributed by atoms with Gasteiger partial charge in [0, 0.05) is 30.8 Å². The number of nitrogens with zero attached hydrogens (tertiary/aromatic N) is 3. The van der Waals surface area contributed by atoms with Crippen LogP contribution in [0.1, 0.15) is 47.9 Å². The summed E-state index contributed by atoms with van der Waals surface area (Å²) < 4.78 is 0. The van der Waals surface area contributed by atoms with Crippen LogP contribution in [-0.2, 0) is 0 Å². The molecule has 1 aliphatic carbocycles. The van der Waals surface area contributed by atoms with Gasteiger partial charge in [-0.2, -0.15) is 0 Å². The van der Waals surface area contributed by atoms with Crippen LogP contribution in [0.15, 0.2) is 6.07 Å². The second kappa shape index (κ2) is 3.85. The molecule has 84 valence electrons. The maximum Gasteiger partial charge on any atom is 0.194 e. The Bertz CT molecular complexity index is 409. The zero-order valence-corrected chi connectivity index (χ0v) is 9.22. The maximum atomic E-state index is 10.8. The normalized spacial score (nSPS) is 20.1. The van der Waals surface area contributed by atoms with E-state index in [1.54, 1.807) is 0 Å². The van der Waals surface area contributed by atoms with Crippen molar-refractivity contribution in [3.63, 3.8) is 0 Å². The van der Waals surface area contributed by atoms with Gasteiger partial charge in [-0.05, 0) is 25.7 Å². The van der Waals surface area contributed by atoms with Crippen LogP contribution >= 0.6 is 0 Å². The molecule has 1 saturated heterocycles. The standard InChI is InChI=1S/C12H15N3O/c16-8-11-13-10(9-3-4-9)7-12(14-11)15-5-1-2-6-15/h7-9H,1-6H2. The van der Waals surface area contributed by atoms with E-state index in [1.807, 2.05) is 0 Å². The Hall–Kier alpha value is -1.45. The molecule has 4 nitrogen and oxygen atoms in total. The van der Waals surface area contributed by atoms with E-state index in [0.717, 1.165) is 30.9 Å². The summed E-state index contributed by atoms with van der Waals surface area (Å²) in [6.07, 6.45) is 5.60. The van der Waals surface area contributed by atoms with Gasteiger partial charge in [-0.3, -0.25) is 4.79 Å². The molecule has 0 bridgehead atoms. The van der Waals surface area contributed by atoms with Crippen molar-refractivity contribution in [1.82, 2.24) is 9.97 Å². The summed E-state index contributed by atoms with van der Waals surface area (Å²) in [4.78, 5) is 21.6. The van der Waals surface area contributed by atoms with Crippen molar-refractivity contribution in [2.75, 3.05) is 18.0 Å². The van der Waals surface area contributed by atoms with E-state index in [1.165, 1.54) is 25.7 Å². The quantitative estimate of drug-likeness (QED) is 0.724. The van der Waals surface area contributed by atoms with Crippen LogP contribution in [0.4, 0.5) is 5.82 Å². The van der Waals surface area contributed by atoms with Crippen LogP contribution in [0.25, 0.3) is 0 Å². The van der Waals surface area contributed by atoms with Crippen molar-refractivity contribution in [2.24, 2.45) is 0 Å². The van der Waals surface area contributed by atoms with Gasteiger partial charge in [0.15, 0.2) is 12.1 Å². The van der Waals surface area contributed by atoms with E-state index in [-0.39, 0.29) is 0 Å². The fourth-order valence-corrected chi connectivity index (χ4v) is 2.22. The predicted molar refractivity (Wildman–Crippen MR) is 60.8 cm³/mol. The summed E-state index contributed by atoms with van der Waals surface area (Å²) >= 11 is 0. The first kappa shape index (κ1) is 9.75. The van der Waals surface area contributed by atoms with Gasteiger partial charge >= 0.3 is 0 Å². The van der Waals surface area contributed by atoms with Crippen molar-refractivity contribution < 1.29 is 4.79 Å². The Kier molecular flexibility index (Phi) is 2.35. The highest BCUT2D eigenvalue weighted by atomic mass is 16.1. The predicted octanol–water partition coefficient (Wildman–Crippen LogP) is 1.77. The van der Waals surface area contributed by atoms with E-state index in [0.29, 0.717) is 11.7 Å². The van der Waals surface area contributed by atoms with Gasteiger partial charge in [-0.15, -0.1) is 0 Å². The fraction of sp³-hybridized carbons (Fsp3) is 0.583. The van der Waals surface area contributed by atoms with Crippen molar-refractivity contribution in [2.45, 2.75) is 31.6 Å². The largest absolute Gasteiger partial charge is 0.356 e. The molecule has 1 saturated carbocycles. The van der Waals surface area contributed by atoms with Gasteiger partial charge in [-0.25, -0.2) is 9.97 Å². The number of carbonyl (C=O) groups excluding carboxylic acids is 1. The Labute approximate surface area is 94.7 Å². The van der Waals surface area contributed by atoms with Crippen LogP contribution < -0.4 is 4.90 Å². The van der Waals surface area contributed by atoms with Gasteiger partial charge in [-0.1, -0.05) is 0 Å². The van der Waals surface area contributed by atoms with Gasteiger partial charge in [0.05, 0.1) is 0 Å². The zero-order valence-electron chi connectivity index (χ0n) is 9.22. The Morgan fingerprint density at radius 2 is 2.00 bits per heavy atom. The molecule has 0 amide bonds. The smallest absolute Gasteiger partial charge is 0.194 e. The molecule has 2 aliphatic rings. The molecule has 2 heterocycles. The van der Waals surface area contributed by atoms with Gasteiger partial charge in [0.2, 0.25) is 0 Å². The molecular formula is C12H15N3O. The number of aromatic nitrogens is 2. The summed E-state index contributed by atoms with van der Waals surface area (Å²) in [5, 5.41) is 0. The molecule has 4 heteroatoms. The first-order chi connectivity index (χ1) is 7.86. The third-order valence-electron chi connectivity index (χ3n) is 3.28. The van der Waals surface area contributed by atoms with Crippen molar-refractivity contribution in [1.29, 1.82) is 0 Å². The molecule has 0 unspecified atom stereocenters. The minimum atomic E-state index is 0.339. The molecule has 2 fully saturated rings. The SMILES string of the molecule is O=Cc1nc(C2CC2)cc(N2CCCC2)n1. The average molecular weight is 217 g/mol. The summed E-state index contributed by atoms with van der Waals surface area (Å²) in [6.45, 7) is 2.11. The van der Waals surface area contributed by atoms with E-state index in [4.69, 9.17) is 0 Å². The summed E-state index contributed by atoms with van der Waals surface area (Å²) in [5.41, 5.74) is 1.05. The van der Waals surface area contributed by atoms with E-state index < -0.39 is 0 Å². The molecule has 0 radical (unpaired) electrons. The van der Waals surface area contributed by atoms with Crippen LogP contribution in [0.5, 0.6) is 0 Å². The van der Waals surface area contributed by atoms with E-state index >= 15 is 0 Å². The molecule has 1 aromatic rings. The molecule has 0 N–H and O–H groups in total. The van der Waals surface area contributed by atoms with Crippen molar-refractivity contribution >= 4 is 12.1 Å². The number of carbonyl (C=O) groups is 1. The molecular weight excluding hydrogens is 202 g/mol. The summed E-state index contributed by atoms with van der Waals surface area (Å²) in [6, 6.07) is 2.07. The molecule has 0 spiro atoms. The number of aldehydes is 1. The molecule has 0 atom stereocenters. The van der Waals surface area contributed by atoms with Crippen LogP contribution in [0, 0.1) is 0 Å². The van der Waals surface area contributed by atoms with Crippen LogP contribution in [0.3, 0.4) is 0 Å². The molecule has 16 heavy (non-hydrogen) atoms. The lowest BCUT2D eigenvalue weighted by Crippen LogP contribution is -2.20. The molecule has 1 aromatic heterocycles. The second-order valence-electron chi connectivity index (χ2n) is 4.60. The number of hydrogen-bond acceptors (Lipinski definition) is 4. The topological polar surface area (TPSA) is 46.1 Å². The third kappa shape index (κ3) is 1.79. The third-order valence-corrected chi connectivity index (χ3v) is 3.28. The van der Waals surface area contributed by atoms with E-state index in [2.05, 4.69) is 20.9 Å². The second-order valence-corrected chi connectivity index (χ2v) is 4.60. The summed E-state index contributed by atoms with van der Waals surface area (Å²) in [7, 11) is 0. The first-order valence-corrected chi connectivity index (χ1v) is 5.96. The van der Waals surface area contributed by atoms with Crippen LogP contribution in [-0.4, -0.2) is 29.3 Å². The van der Waals surface area contributed by atoms with Gasteiger partial charge in [0.25, 0.3) is 0 Å². The lowest BCUT2D eigenvalue weighted by atomic mass is 10.2. The molecule has 0 aromatic carbocycles. The van der Waals surface area contributed by atoms with Crippen molar-refractivity contribution in [3.05, 3.63) is 17.6 Å². The average Bonchev–Trinajstić information content (AvgIpc) is 3.04. The Morgan fingerprint density at radius 3 is 2.62 bits per heavy atom. The highest BCUT2D eigenvalue weighted by molar-refractivity contribution is 5.70. The molecule has 3 rings (SSSR count). The van der Waals surface area contributed by atoms with Crippen molar-refractivity contribution in [3.8, 4) is 0 Å². The Morgan fingerprint density at radius 1 is 1.25 bits per heavy atom. The fourth-order valence-electron chi connectivity index (χ4n) is 2.22. The monoisotopic (exact) mass is 217 g/mol. The maximum absolute atomic E-state index is 10.8. The number of rotatable bonds is 3. The number of hydrogen-bond donors (Lipinski definition) is 0. The minimum Gasteiger partial charge on any atom is -0.356 e. The minimum absolute atomic E-state index is 0.339. The summed E-state index contributed by atoms with van der Waals surface area (Å²) in [5.74, 6) is 1.85. The van der Waals surface area contributed by atoms with Gasteiger partial charge < -0.3 is 4.90 Å².